The number of carbonyl (C=O) groups is 1. The molecule has 0 spiro atoms. The summed E-state index contributed by atoms with van der Waals surface area (Å²) < 4.78 is 1.75. The average molecular weight is 390 g/mol. The van der Waals surface area contributed by atoms with Gasteiger partial charge in [-0.2, -0.15) is 10.2 Å². The first kappa shape index (κ1) is 17.6. The Morgan fingerprint density at radius 1 is 1.21 bits per heavy atom. The van der Waals surface area contributed by atoms with Gasteiger partial charge in [0.2, 0.25) is 5.91 Å². The Morgan fingerprint density at radius 3 is 3.00 bits per heavy atom. The third-order valence-corrected chi connectivity index (χ3v) is 5.39. The van der Waals surface area contributed by atoms with E-state index in [0.29, 0.717) is 12.2 Å². The topological polar surface area (TPSA) is 105 Å². The third-order valence-electron chi connectivity index (χ3n) is 5.39. The summed E-state index contributed by atoms with van der Waals surface area (Å²) >= 11 is 0. The molecule has 0 bridgehead atoms. The van der Waals surface area contributed by atoms with Crippen molar-refractivity contribution in [3.05, 3.63) is 30.6 Å². The minimum absolute atomic E-state index is 0.261. The van der Waals surface area contributed by atoms with Crippen LogP contribution in [0, 0.1) is 0 Å². The Balaban J connectivity index is 1.43. The molecule has 1 fully saturated rings. The summed E-state index contributed by atoms with van der Waals surface area (Å²) in [7, 11) is 1.88. The molecule has 29 heavy (non-hydrogen) atoms. The molecule has 1 aliphatic heterocycles. The van der Waals surface area contributed by atoms with Gasteiger partial charge in [0.05, 0.1) is 23.3 Å². The van der Waals surface area contributed by atoms with Crippen molar-refractivity contribution in [2.45, 2.75) is 19.3 Å². The van der Waals surface area contributed by atoms with E-state index in [9.17, 15) is 4.79 Å². The van der Waals surface area contributed by atoms with Crippen LogP contribution in [0.5, 0.6) is 0 Å². The van der Waals surface area contributed by atoms with Gasteiger partial charge in [-0.05, 0) is 18.9 Å². The van der Waals surface area contributed by atoms with E-state index in [1.54, 1.807) is 17.1 Å². The minimum atomic E-state index is 0.261. The van der Waals surface area contributed by atoms with Gasteiger partial charge >= 0.3 is 0 Å². The van der Waals surface area contributed by atoms with Crippen LogP contribution in [0.3, 0.4) is 0 Å². The second kappa shape index (κ2) is 7.16. The van der Waals surface area contributed by atoms with Gasteiger partial charge in [0.15, 0.2) is 11.5 Å². The number of nitrogens with one attached hydrogen (secondary N) is 2. The summed E-state index contributed by atoms with van der Waals surface area (Å²) in [6, 6.07) is 5.94. The number of hydrogen-bond donors (Lipinski definition) is 2. The van der Waals surface area contributed by atoms with Crippen LogP contribution in [0.4, 0.5) is 5.82 Å². The molecule has 4 aromatic rings. The number of hydrogen-bond acceptors (Lipinski definition) is 6. The first-order valence-electron chi connectivity index (χ1n) is 9.84. The maximum Gasteiger partial charge on any atom is 0.222 e. The van der Waals surface area contributed by atoms with Crippen LogP contribution < -0.4 is 5.32 Å². The van der Waals surface area contributed by atoms with Gasteiger partial charge in [-0.15, -0.1) is 0 Å². The van der Waals surface area contributed by atoms with E-state index in [4.69, 9.17) is 9.97 Å². The predicted molar refractivity (Wildman–Crippen MR) is 110 cm³/mol. The summed E-state index contributed by atoms with van der Waals surface area (Å²) in [6.45, 7) is 2.37. The zero-order valence-electron chi connectivity index (χ0n) is 16.2. The van der Waals surface area contributed by atoms with Gasteiger partial charge in [-0.25, -0.2) is 9.97 Å². The highest BCUT2D eigenvalue weighted by Gasteiger charge is 2.19. The zero-order chi connectivity index (χ0) is 19.8. The third kappa shape index (κ3) is 3.18. The number of amides is 1. The van der Waals surface area contributed by atoms with Crippen molar-refractivity contribution in [1.82, 2.24) is 34.8 Å². The monoisotopic (exact) mass is 390 g/mol. The Labute approximate surface area is 167 Å². The SMILES string of the molecule is Cn1ncc2c(NCCCN3CCCC3=O)nc(-c3cccc4[nH]ncc34)nc21. The van der Waals surface area contributed by atoms with E-state index >= 15 is 0 Å². The molecular formula is C20H22N8O. The molecule has 148 valence electrons. The molecule has 3 aromatic heterocycles. The number of benzene rings is 1. The van der Waals surface area contributed by atoms with Crippen LogP contribution in [0.2, 0.25) is 0 Å². The number of anilines is 1. The first-order chi connectivity index (χ1) is 14.2. The molecule has 0 unspecified atom stereocenters. The molecule has 4 heterocycles. The number of nitrogens with zero attached hydrogens (tertiary/aromatic N) is 6. The maximum atomic E-state index is 11.8. The lowest BCUT2D eigenvalue weighted by atomic mass is 10.1. The number of aromatic amines is 1. The van der Waals surface area contributed by atoms with Crippen LogP contribution in [-0.2, 0) is 11.8 Å². The summed E-state index contributed by atoms with van der Waals surface area (Å²) in [6.07, 6.45) is 6.09. The van der Waals surface area contributed by atoms with Crippen molar-refractivity contribution < 1.29 is 4.79 Å². The molecule has 2 N–H and O–H groups in total. The summed E-state index contributed by atoms with van der Waals surface area (Å²) in [5.74, 6) is 1.65. The number of aromatic nitrogens is 6. The molecular weight excluding hydrogens is 368 g/mol. The normalized spacial score (nSPS) is 14.4. The Kier molecular flexibility index (Phi) is 4.34. The molecule has 1 amide bonds. The number of carbonyl (C=O) groups excluding carboxylic acids is 1. The lowest BCUT2D eigenvalue weighted by molar-refractivity contribution is -0.127. The second-order valence-corrected chi connectivity index (χ2v) is 7.30. The van der Waals surface area contributed by atoms with Crippen LogP contribution in [-0.4, -0.2) is 60.4 Å². The first-order valence-corrected chi connectivity index (χ1v) is 9.84. The lowest BCUT2D eigenvalue weighted by Crippen LogP contribution is -2.27. The summed E-state index contributed by atoms with van der Waals surface area (Å²) in [4.78, 5) is 23.3. The quantitative estimate of drug-likeness (QED) is 0.490. The molecule has 9 heteroatoms. The molecule has 0 aliphatic carbocycles. The van der Waals surface area contributed by atoms with Crippen LogP contribution in [0.15, 0.2) is 30.6 Å². The van der Waals surface area contributed by atoms with Crippen LogP contribution in [0.1, 0.15) is 19.3 Å². The minimum Gasteiger partial charge on any atom is -0.369 e. The van der Waals surface area contributed by atoms with Gasteiger partial charge < -0.3 is 10.2 Å². The van der Waals surface area contributed by atoms with Gasteiger partial charge in [0, 0.05) is 44.1 Å². The van der Waals surface area contributed by atoms with Gasteiger partial charge in [0.1, 0.15) is 5.82 Å². The van der Waals surface area contributed by atoms with Crippen molar-refractivity contribution in [3.8, 4) is 11.4 Å². The highest BCUT2D eigenvalue weighted by molar-refractivity contribution is 5.95. The maximum absolute atomic E-state index is 11.8. The Hall–Kier alpha value is -3.49. The highest BCUT2D eigenvalue weighted by Crippen LogP contribution is 2.29. The predicted octanol–water partition coefficient (Wildman–Crippen LogP) is 2.33. The van der Waals surface area contributed by atoms with Gasteiger partial charge in [0.25, 0.3) is 0 Å². The van der Waals surface area contributed by atoms with Crippen molar-refractivity contribution in [2.24, 2.45) is 7.05 Å². The van der Waals surface area contributed by atoms with Crippen LogP contribution >= 0.6 is 0 Å². The van der Waals surface area contributed by atoms with E-state index in [2.05, 4.69) is 20.6 Å². The van der Waals surface area contributed by atoms with Gasteiger partial charge in [-0.1, -0.05) is 12.1 Å². The van der Waals surface area contributed by atoms with E-state index in [-0.39, 0.29) is 5.91 Å². The number of fused-ring (bicyclic) bond motifs is 2. The molecule has 9 nitrogen and oxygen atoms in total. The fourth-order valence-corrected chi connectivity index (χ4v) is 3.86. The van der Waals surface area contributed by atoms with Gasteiger partial charge in [-0.3, -0.25) is 14.6 Å². The lowest BCUT2D eigenvalue weighted by Gasteiger charge is -2.15. The van der Waals surface area contributed by atoms with Crippen molar-refractivity contribution in [3.63, 3.8) is 0 Å². The fraction of sp³-hybridized carbons (Fsp3) is 0.350. The molecule has 0 saturated carbocycles. The molecule has 0 atom stereocenters. The van der Waals surface area contributed by atoms with E-state index in [0.717, 1.165) is 65.8 Å². The van der Waals surface area contributed by atoms with Crippen molar-refractivity contribution in [1.29, 1.82) is 0 Å². The molecule has 0 radical (unpaired) electrons. The van der Waals surface area contributed by atoms with Crippen molar-refractivity contribution >= 4 is 33.7 Å². The van der Waals surface area contributed by atoms with E-state index in [1.807, 2.05) is 30.1 Å². The summed E-state index contributed by atoms with van der Waals surface area (Å²) in [5.41, 5.74) is 2.64. The highest BCUT2D eigenvalue weighted by atomic mass is 16.2. The number of rotatable bonds is 6. The zero-order valence-corrected chi connectivity index (χ0v) is 16.2. The fourth-order valence-electron chi connectivity index (χ4n) is 3.86. The Bertz CT molecular complexity index is 1190. The Morgan fingerprint density at radius 2 is 2.14 bits per heavy atom. The second-order valence-electron chi connectivity index (χ2n) is 7.30. The van der Waals surface area contributed by atoms with Crippen molar-refractivity contribution in [2.75, 3.05) is 25.0 Å². The number of H-pyrrole nitrogens is 1. The summed E-state index contributed by atoms with van der Waals surface area (Å²) in [5, 5.41) is 16.8. The number of aryl methyl sites for hydroxylation is 1. The number of likely N-dealkylation sites (tertiary alicyclic amines) is 1. The van der Waals surface area contributed by atoms with E-state index < -0.39 is 0 Å². The average Bonchev–Trinajstić information content (AvgIpc) is 3.45. The largest absolute Gasteiger partial charge is 0.369 e. The molecule has 1 saturated heterocycles. The smallest absolute Gasteiger partial charge is 0.222 e. The van der Waals surface area contributed by atoms with E-state index in [1.165, 1.54) is 0 Å². The molecule has 5 rings (SSSR count). The van der Waals surface area contributed by atoms with Crippen LogP contribution in [0.25, 0.3) is 33.3 Å². The molecule has 1 aliphatic rings. The standard InChI is InChI=1S/C20H22N8O/c1-27-20-15(12-23-27)18(21-8-4-10-28-9-3-7-17(28)29)24-19(25-20)13-5-2-6-16-14(13)11-22-26-16/h2,5-6,11-12H,3-4,7-10H2,1H3,(H,22,26)(H,21,24,25). The molecule has 1 aromatic carbocycles.